The van der Waals surface area contributed by atoms with E-state index in [0.29, 0.717) is 13.1 Å². The lowest BCUT2D eigenvalue weighted by molar-refractivity contribution is -0.109. The van der Waals surface area contributed by atoms with Crippen molar-refractivity contribution < 1.29 is 4.79 Å². The van der Waals surface area contributed by atoms with Crippen LogP contribution in [-0.2, 0) is 11.3 Å². The van der Waals surface area contributed by atoms with Gasteiger partial charge in [-0.1, -0.05) is 36.4 Å². The van der Waals surface area contributed by atoms with Crippen molar-refractivity contribution in [3.8, 4) is 0 Å². The fourth-order valence-corrected chi connectivity index (χ4v) is 1.25. The van der Waals surface area contributed by atoms with Gasteiger partial charge in [0.15, 0.2) is 0 Å². The lowest BCUT2D eigenvalue weighted by Crippen LogP contribution is -2.38. The second kappa shape index (κ2) is 6.92. The Bertz CT molecular complexity index is 288. The highest BCUT2D eigenvalue weighted by Gasteiger charge is 2.00. The van der Waals surface area contributed by atoms with Gasteiger partial charge in [0.2, 0.25) is 0 Å². The van der Waals surface area contributed by atoms with Crippen molar-refractivity contribution in [2.75, 3.05) is 13.1 Å². The van der Waals surface area contributed by atoms with Crippen LogP contribution in [0.3, 0.4) is 0 Å². The van der Waals surface area contributed by atoms with Crippen LogP contribution in [0.25, 0.3) is 0 Å². The van der Waals surface area contributed by atoms with Crippen LogP contribution < -0.4 is 5.43 Å². The Balaban J connectivity index is 2.39. The number of benzene rings is 1. The Morgan fingerprint density at radius 2 is 2.00 bits per heavy atom. The lowest BCUT2D eigenvalue weighted by atomic mass is 10.2. The predicted octanol–water partition coefficient (Wildman–Crippen LogP) is 1.38. The monoisotopic (exact) mass is 204 g/mol. The molecule has 0 aliphatic carbocycles. The van der Waals surface area contributed by atoms with Crippen molar-refractivity contribution in [3.63, 3.8) is 0 Å². The molecular formula is C12H16N2O. The maximum absolute atomic E-state index is 10.4. The van der Waals surface area contributed by atoms with Gasteiger partial charge in [-0.3, -0.25) is 5.43 Å². The smallest absolute Gasteiger partial charge is 0.135 e. The molecule has 1 aromatic rings. The van der Waals surface area contributed by atoms with Gasteiger partial charge < -0.3 is 4.79 Å². The molecule has 3 nitrogen and oxygen atoms in total. The second-order valence-electron chi connectivity index (χ2n) is 3.18. The molecule has 0 spiro atoms. The van der Waals surface area contributed by atoms with Gasteiger partial charge in [0.1, 0.15) is 6.29 Å². The fourth-order valence-electron chi connectivity index (χ4n) is 1.25. The highest BCUT2D eigenvalue weighted by molar-refractivity contribution is 5.51. The van der Waals surface area contributed by atoms with Gasteiger partial charge >= 0.3 is 0 Å². The number of carbonyl (C=O) groups is 1. The van der Waals surface area contributed by atoms with Gasteiger partial charge in [-0.2, -0.15) is 0 Å². The van der Waals surface area contributed by atoms with Crippen molar-refractivity contribution in [2.45, 2.75) is 6.54 Å². The Morgan fingerprint density at radius 1 is 1.27 bits per heavy atom. The summed E-state index contributed by atoms with van der Waals surface area (Å²) < 4.78 is 0. The SMILES string of the molecule is C=CCN(CC=O)NCc1ccccc1. The van der Waals surface area contributed by atoms with E-state index in [1.165, 1.54) is 5.56 Å². The molecule has 80 valence electrons. The van der Waals surface area contributed by atoms with Gasteiger partial charge in [-0.05, 0) is 5.56 Å². The molecule has 3 heteroatoms. The van der Waals surface area contributed by atoms with Gasteiger partial charge in [0.25, 0.3) is 0 Å². The average Bonchev–Trinajstić information content (AvgIpc) is 2.28. The normalized spacial score (nSPS) is 10.2. The molecule has 0 saturated heterocycles. The summed E-state index contributed by atoms with van der Waals surface area (Å²) in [6, 6.07) is 10.1. The largest absolute Gasteiger partial charge is 0.302 e. The van der Waals surface area contributed by atoms with Crippen molar-refractivity contribution in [1.82, 2.24) is 10.4 Å². The fraction of sp³-hybridized carbons (Fsp3) is 0.250. The van der Waals surface area contributed by atoms with Gasteiger partial charge in [-0.25, -0.2) is 5.01 Å². The van der Waals surface area contributed by atoms with Crippen LogP contribution >= 0.6 is 0 Å². The molecule has 0 fully saturated rings. The first-order valence-corrected chi connectivity index (χ1v) is 4.93. The van der Waals surface area contributed by atoms with E-state index < -0.39 is 0 Å². The van der Waals surface area contributed by atoms with Crippen LogP contribution in [0.4, 0.5) is 0 Å². The summed E-state index contributed by atoms with van der Waals surface area (Å²) in [5.41, 5.74) is 4.36. The predicted molar refractivity (Wildman–Crippen MR) is 61.1 cm³/mol. The zero-order chi connectivity index (χ0) is 10.9. The summed E-state index contributed by atoms with van der Waals surface area (Å²) >= 11 is 0. The molecule has 1 N–H and O–H groups in total. The van der Waals surface area contributed by atoms with Crippen molar-refractivity contribution >= 4 is 6.29 Å². The third-order valence-corrected chi connectivity index (χ3v) is 1.99. The first-order valence-electron chi connectivity index (χ1n) is 4.93. The molecule has 0 saturated carbocycles. The number of hydrogen-bond acceptors (Lipinski definition) is 3. The van der Waals surface area contributed by atoms with Crippen LogP contribution in [0, 0.1) is 0 Å². The quantitative estimate of drug-likeness (QED) is 0.414. The first-order chi connectivity index (χ1) is 7.36. The summed E-state index contributed by atoms with van der Waals surface area (Å²) in [6.45, 7) is 5.40. The minimum absolute atomic E-state index is 0.374. The van der Waals surface area contributed by atoms with E-state index in [4.69, 9.17) is 0 Å². The summed E-state index contributed by atoms with van der Waals surface area (Å²) in [5, 5.41) is 1.83. The third kappa shape index (κ3) is 4.54. The highest BCUT2D eigenvalue weighted by atomic mass is 16.1. The Kier molecular flexibility index (Phi) is 5.37. The van der Waals surface area contributed by atoms with Crippen molar-refractivity contribution in [1.29, 1.82) is 0 Å². The van der Waals surface area contributed by atoms with Crippen molar-refractivity contribution in [2.24, 2.45) is 0 Å². The van der Waals surface area contributed by atoms with Crippen LogP contribution in [0.5, 0.6) is 0 Å². The first kappa shape index (κ1) is 11.6. The Hall–Kier alpha value is -1.45. The number of carbonyl (C=O) groups excluding carboxylic acids is 1. The summed E-state index contributed by atoms with van der Waals surface area (Å²) in [5.74, 6) is 0. The summed E-state index contributed by atoms with van der Waals surface area (Å²) in [7, 11) is 0. The molecule has 0 radical (unpaired) electrons. The lowest BCUT2D eigenvalue weighted by Gasteiger charge is -2.18. The van der Waals surface area contributed by atoms with E-state index in [1.54, 1.807) is 6.08 Å². The van der Waals surface area contributed by atoms with Crippen LogP contribution in [0.15, 0.2) is 43.0 Å². The third-order valence-electron chi connectivity index (χ3n) is 1.99. The number of nitrogens with zero attached hydrogens (tertiary/aromatic N) is 1. The minimum Gasteiger partial charge on any atom is -0.302 e. The number of rotatable bonds is 7. The molecule has 0 aromatic heterocycles. The molecule has 0 heterocycles. The van der Waals surface area contributed by atoms with Crippen LogP contribution in [0.1, 0.15) is 5.56 Å². The molecule has 0 bridgehead atoms. The number of nitrogens with one attached hydrogen (secondary N) is 1. The van der Waals surface area contributed by atoms with Crippen molar-refractivity contribution in [3.05, 3.63) is 48.6 Å². The van der Waals surface area contributed by atoms with E-state index in [-0.39, 0.29) is 0 Å². The molecule has 0 unspecified atom stereocenters. The minimum atomic E-state index is 0.374. The summed E-state index contributed by atoms with van der Waals surface area (Å²) in [6.07, 6.45) is 2.64. The number of aldehydes is 1. The standard InChI is InChI=1S/C12H16N2O/c1-2-8-14(9-10-15)13-11-12-6-4-3-5-7-12/h2-7,10,13H,1,8-9,11H2. The molecule has 0 aliphatic heterocycles. The number of hydrogen-bond donors (Lipinski definition) is 1. The maximum Gasteiger partial charge on any atom is 0.135 e. The molecule has 0 atom stereocenters. The van der Waals surface area contributed by atoms with E-state index in [0.717, 1.165) is 12.8 Å². The van der Waals surface area contributed by atoms with E-state index in [9.17, 15) is 4.79 Å². The molecule has 0 amide bonds. The molecule has 1 aromatic carbocycles. The van der Waals surface area contributed by atoms with Crippen LogP contribution in [0.2, 0.25) is 0 Å². The highest BCUT2D eigenvalue weighted by Crippen LogP contribution is 1.97. The van der Waals surface area contributed by atoms with Gasteiger partial charge in [-0.15, -0.1) is 6.58 Å². The average molecular weight is 204 g/mol. The van der Waals surface area contributed by atoms with E-state index >= 15 is 0 Å². The zero-order valence-corrected chi connectivity index (χ0v) is 8.73. The molecule has 0 aliphatic rings. The molecular weight excluding hydrogens is 188 g/mol. The van der Waals surface area contributed by atoms with E-state index in [1.807, 2.05) is 35.3 Å². The van der Waals surface area contributed by atoms with Gasteiger partial charge in [0.05, 0.1) is 6.54 Å². The second-order valence-corrected chi connectivity index (χ2v) is 3.18. The topological polar surface area (TPSA) is 32.3 Å². The van der Waals surface area contributed by atoms with Crippen LogP contribution in [-0.4, -0.2) is 24.4 Å². The molecule has 1 rings (SSSR count). The molecule has 15 heavy (non-hydrogen) atoms. The van der Waals surface area contributed by atoms with E-state index in [2.05, 4.69) is 12.0 Å². The maximum atomic E-state index is 10.4. The Labute approximate surface area is 90.4 Å². The number of hydrazine groups is 1. The summed E-state index contributed by atoms with van der Waals surface area (Å²) in [4.78, 5) is 10.4. The Morgan fingerprint density at radius 3 is 2.60 bits per heavy atom. The zero-order valence-electron chi connectivity index (χ0n) is 8.73. The van der Waals surface area contributed by atoms with Gasteiger partial charge in [0, 0.05) is 13.1 Å².